The molecule has 0 saturated carbocycles. The van der Waals surface area contributed by atoms with Crippen LogP contribution in [0.4, 0.5) is 0 Å². The first kappa shape index (κ1) is 4.26. The second-order valence-corrected chi connectivity index (χ2v) is 3.49. The zero-order chi connectivity index (χ0) is 4.41. The summed E-state index contributed by atoms with van der Waals surface area (Å²) in [7, 11) is -0.715. The summed E-state index contributed by atoms with van der Waals surface area (Å²) in [5, 5.41) is 0. The van der Waals surface area contributed by atoms with Crippen LogP contribution in [0.1, 0.15) is 12.8 Å². The fourth-order valence-corrected chi connectivity index (χ4v) is 2.06. The molecule has 1 aliphatic heterocycles. The van der Waals surface area contributed by atoms with Gasteiger partial charge in [-0.05, 0) is 12.8 Å². The van der Waals surface area contributed by atoms with Crippen LogP contribution in [0, 0.1) is 0 Å². The summed E-state index contributed by atoms with van der Waals surface area (Å²) in [5.74, 6) is 0. The van der Waals surface area contributed by atoms with E-state index in [2.05, 4.69) is 0 Å². The molecule has 0 amide bonds. The molecule has 1 fully saturated rings. The lowest BCUT2D eigenvalue weighted by atomic mass is 10.4. The van der Waals surface area contributed by atoms with Crippen molar-refractivity contribution in [3.8, 4) is 0 Å². The molecule has 1 aliphatic rings. The van der Waals surface area contributed by atoms with Crippen LogP contribution in [0.5, 0.6) is 0 Å². The van der Waals surface area contributed by atoms with E-state index in [-0.39, 0.29) is 0 Å². The Balaban J connectivity index is 2.37. The maximum atomic E-state index is 10.4. The molecule has 1 saturated heterocycles. The lowest BCUT2D eigenvalue weighted by Crippen LogP contribution is -1.58. The van der Waals surface area contributed by atoms with Gasteiger partial charge in [0.15, 0.2) is 0 Å². The van der Waals surface area contributed by atoms with Crippen molar-refractivity contribution in [1.82, 2.24) is 0 Å². The normalized spacial score (nSPS) is 22.3. The summed E-state index contributed by atoms with van der Waals surface area (Å²) in [6, 6.07) is 0. The SMILES string of the molecule is O=[P+]1CCCC1. The Labute approximate surface area is 38.5 Å². The van der Waals surface area contributed by atoms with E-state index in [4.69, 9.17) is 0 Å². The molecule has 2 heteroatoms. The molecule has 0 bridgehead atoms. The van der Waals surface area contributed by atoms with Crippen LogP contribution in [0.15, 0.2) is 0 Å². The number of hydrogen-bond acceptors (Lipinski definition) is 1. The van der Waals surface area contributed by atoms with Crippen molar-refractivity contribution in [1.29, 1.82) is 0 Å². The molecule has 1 rings (SSSR count). The van der Waals surface area contributed by atoms with Gasteiger partial charge < -0.3 is 0 Å². The van der Waals surface area contributed by atoms with Crippen LogP contribution in [0.2, 0.25) is 0 Å². The minimum atomic E-state index is -0.715. The molecule has 0 radical (unpaired) electrons. The van der Waals surface area contributed by atoms with Crippen LogP contribution in [-0.2, 0) is 4.57 Å². The van der Waals surface area contributed by atoms with E-state index in [0.717, 1.165) is 12.3 Å². The minimum absolute atomic E-state index is 0.715. The highest BCUT2D eigenvalue weighted by Crippen LogP contribution is 2.30. The summed E-state index contributed by atoms with van der Waals surface area (Å²) in [6.07, 6.45) is 4.40. The van der Waals surface area contributed by atoms with E-state index < -0.39 is 7.80 Å². The molecule has 6 heavy (non-hydrogen) atoms. The quantitative estimate of drug-likeness (QED) is 0.425. The van der Waals surface area contributed by atoms with Gasteiger partial charge in [-0.3, -0.25) is 0 Å². The average molecular weight is 103 g/mol. The van der Waals surface area contributed by atoms with Crippen LogP contribution in [0.3, 0.4) is 0 Å². The van der Waals surface area contributed by atoms with Gasteiger partial charge in [-0.15, -0.1) is 0 Å². The first-order valence-corrected chi connectivity index (χ1v) is 3.95. The Bertz CT molecular complexity index is 61.9. The van der Waals surface area contributed by atoms with Gasteiger partial charge in [-0.2, -0.15) is 0 Å². The standard InChI is InChI=1S/C4H8OP/c5-6-3-1-2-4-6/h1-4H2/q+1. The predicted octanol–water partition coefficient (Wildman–Crippen LogP) is 1.61. The fraction of sp³-hybridized carbons (Fsp3) is 1.00. The Hall–Kier alpha value is 0.100. The van der Waals surface area contributed by atoms with Gasteiger partial charge in [-0.1, -0.05) is 4.57 Å². The molecule has 1 heterocycles. The van der Waals surface area contributed by atoms with Crippen molar-refractivity contribution in [2.75, 3.05) is 12.3 Å². The molecule has 1 nitrogen and oxygen atoms in total. The van der Waals surface area contributed by atoms with Crippen molar-refractivity contribution in [3.63, 3.8) is 0 Å². The van der Waals surface area contributed by atoms with Crippen LogP contribution in [0.25, 0.3) is 0 Å². The van der Waals surface area contributed by atoms with Gasteiger partial charge in [0.25, 0.3) is 0 Å². The van der Waals surface area contributed by atoms with E-state index in [1.165, 1.54) is 12.8 Å². The summed E-state index contributed by atoms with van der Waals surface area (Å²) in [5.41, 5.74) is 0. The molecule has 0 aliphatic carbocycles. The number of hydrogen-bond donors (Lipinski definition) is 0. The predicted molar refractivity (Wildman–Crippen MR) is 26.6 cm³/mol. The summed E-state index contributed by atoms with van der Waals surface area (Å²) in [6.45, 7) is 0. The summed E-state index contributed by atoms with van der Waals surface area (Å²) < 4.78 is 10.4. The molecule has 0 spiro atoms. The third-order valence-electron chi connectivity index (χ3n) is 1.07. The molecule has 0 aromatic carbocycles. The molecular weight excluding hydrogens is 95.0 g/mol. The van der Waals surface area contributed by atoms with E-state index in [1.54, 1.807) is 0 Å². The van der Waals surface area contributed by atoms with E-state index >= 15 is 0 Å². The molecule has 0 aromatic rings. The second-order valence-electron chi connectivity index (χ2n) is 1.64. The molecular formula is C4H8OP+. The van der Waals surface area contributed by atoms with Gasteiger partial charge >= 0.3 is 7.80 Å². The Morgan fingerprint density at radius 2 is 1.67 bits per heavy atom. The van der Waals surface area contributed by atoms with Gasteiger partial charge in [0, 0.05) is 0 Å². The molecule has 0 atom stereocenters. The molecule has 0 aromatic heterocycles. The van der Waals surface area contributed by atoms with Gasteiger partial charge in [0.2, 0.25) is 0 Å². The Kier molecular flexibility index (Phi) is 1.21. The summed E-state index contributed by atoms with van der Waals surface area (Å²) >= 11 is 0. The van der Waals surface area contributed by atoms with Crippen molar-refractivity contribution >= 4 is 7.80 Å². The van der Waals surface area contributed by atoms with Crippen LogP contribution >= 0.6 is 7.80 Å². The lowest BCUT2D eigenvalue weighted by Gasteiger charge is -1.58. The van der Waals surface area contributed by atoms with E-state index in [0.29, 0.717) is 0 Å². The largest absolute Gasteiger partial charge is 0.338 e. The third-order valence-corrected chi connectivity index (χ3v) is 2.70. The van der Waals surface area contributed by atoms with Gasteiger partial charge in [0.05, 0.1) is 0 Å². The smallest absolute Gasteiger partial charge is 0.0748 e. The van der Waals surface area contributed by atoms with Crippen LogP contribution in [-0.4, -0.2) is 12.3 Å². The highest BCUT2D eigenvalue weighted by molar-refractivity contribution is 7.45. The summed E-state index contributed by atoms with van der Waals surface area (Å²) in [4.78, 5) is 0. The highest BCUT2D eigenvalue weighted by atomic mass is 31.1. The minimum Gasteiger partial charge on any atom is -0.0748 e. The average Bonchev–Trinajstić information content (AvgIpc) is 1.86. The number of rotatable bonds is 0. The van der Waals surface area contributed by atoms with E-state index in [1.807, 2.05) is 0 Å². The van der Waals surface area contributed by atoms with Crippen molar-refractivity contribution in [2.45, 2.75) is 12.8 Å². The lowest BCUT2D eigenvalue weighted by molar-refractivity contribution is 0.591. The molecule has 0 N–H and O–H groups in total. The monoisotopic (exact) mass is 103 g/mol. The Morgan fingerprint density at radius 1 is 1.17 bits per heavy atom. The zero-order valence-corrected chi connectivity index (χ0v) is 4.58. The first-order chi connectivity index (χ1) is 2.89. The highest BCUT2D eigenvalue weighted by Gasteiger charge is 2.20. The van der Waals surface area contributed by atoms with Crippen molar-refractivity contribution in [2.24, 2.45) is 0 Å². The topological polar surface area (TPSA) is 17.1 Å². The van der Waals surface area contributed by atoms with Crippen molar-refractivity contribution in [3.05, 3.63) is 0 Å². The van der Waals surface area contributed by atoms with Crippen LogP contribution < -0.4 is 0 Å². The molecule has 34 valence electrons. The first-order valence-electron chi connectivity index (χ1n) is 2.32. The molecule has 0 unspecified atom stereocenters. The van der Waals surface area contributed by atoms with Crippen molar-refractivity contribution < 1.29 is 4.57 Å². The zero-order valence-electron chi connectivity index (χ0n) is 3.68. The second kappa shape index (κ2) is 1.70. The van der Waals surface area contributed by atoms with Gasteiger partial charge in [-0.25, -0.2) is 0 Å². The third kappa shape index (κ3) is 0.782. The Morgan fingerprint density at radius 3 is 1.83 bits per heavy atom. The maximum absolute atomic E-state index is 10.4. The maximum Gasteiger partial charge on any atom is 0.338 e. The van der Waals surface area contributed by atoms with E-state index in [9.17, 15) is 4.57 Å². The van der Waals surface area contributed by atoms with Gasteiger partial charge in [0.1, 0.15) is 12.3 Å². The fourth-order valence-electron chi connectivity index (χ4n) is 0.688.